The number of hydrogen-bond donors (Lipinski definition) is 10. The van der Waals surface area contributed by atoms with E-state index >= 15 is 0 Å². The smallest absolute Gasteiger partial charge is 0.326 e. The largest absolute Gasteiger partial charge is 0.483 e. The van der Waals surface area contributed by atoms with Crippen molar-refractivity contribution in [2.24, 2.45) is 0 Å². The van der Waals surface area contributed by atoms with Gasteiger partial charge in [0.1, 0.15) is 25.3 Å². The molecule has 0 aliphatic carbocycles. The van der Waals surface area contributed by atoms with E-state index in [1.165, 1.54) is 0 Å². The van der Waals surface area contributed by atoms with Crippen LogP contribution in [0.1, 0.15) is 103 Å². The average molecular weight is 923 g/mol. The fourth-order valence-corrected chi connectivity index (χ4v) is 5.17. The summed E-state index contributed by atoms with van der Waals surface area (Å²) in [6, 6.07) is -2.51. The maximum Gasteiger partial charge on any atom is 0.326 e. The molecule has 0 unspecified atom stereocenters. The van der Waals surface area contributed by atoms with Crippen molar-refractivity contribution in [1.29, 1.82) is 0 Å². The molecule has 0 aromatic rings. The molecule has 0 saturated carbocycles. The number of carboxylic acid groups (broad SMARTS) is 4. The van der Waals surface area contributed by atoms with Crippen molar-refractivity contribution in [2.75, 3.05) is 79.0 Å². The summed E-state index contributed by atoms with van der Waals surface area (Å²) in [5.41, 5.74) is 0. The first-order chi connectivity index (χ1) is 30.7. The van der Waals surface area contributed by atoms with E-state index in [-0.39, 0.29) is 123 Å². The summed E-state index contributed by atoms with van der Waals surface area (Å²) in [5, 5.41) is 49.7. The minimum absolute atomic E-state index is 0.0255. The summed E-state index contributed by atoms with van der Waals surface area (Å²) in [5.74, 6) is -5.85. The number of unbranched alkanes of at least 4 members (excludes halogenated alkanes) is 5. The van der Waals surface area contributed by atoms with Gasteiger partial charge in [-0.3, -0.25) is 38.4 Å². The maximum atomic E-state index is 12.1. The maximum absolute atomic E-state index is 12.1. The number of amides is 6. The summed E-state index contributed by atoms with van der Waals surface area (Å²) in [6.45, 7) is 3.07. The van der Waals surface area contributed by atoms with Crippen LogP contribution in [0.3, 0.4) is 0 Å². The van der Waals surface area contributed by atoms with Gasteiger partial charge in [0.25, 0.3) is 6.47 Å². The Labute approximate surface area is 373 Å². The standard InChI is InChI=1S/C39H68N6O16.CH2O2/c1-2-3-8-17-40-31(46)11-9-18-41-32(47)15-14-30(39(56)57)45-36(51)28-61-26-24-59-22-20-43-35(50)27-60-25-23-58-21-19-42-33(48)16-13-29(38(54)55)44-34(49)10-6-4-5-7-12-37(52)53;2-1-3/h29-30H,2-28H2,1H3,(H,40,46)(H,41,47)(H,42,48)(H,43,50)(H,44,49)(H,45,51)(H,52,53)(H,54,55)(H,56,57);1H,(H,2,3)/t29-,30-;/m0./s1. The van der Waals surface area contributed by atoms with Gasteiger partial charge in [0.15, 0.2) is 0 Å². The lowest BCUT2D eigenvalue weighted by molar-refractivity contribution is -0.143. The van der Waals surface area contributed by atoms with Crippen molar-refractivity contribution in [3.8, 4) is 0 Å². The molecule has 0 spiro atoms. The van der Waals surface area contributed by atoms with Gasteiger partial charge in [-0.25, -0.2) is 9.59 Å². The van der Waals surface area contributed by atoms with E-state index < -0.39 is 66.1 Å². The highest BCUT2D eigenvalue weighted by Gasteiger charge is 2.22. The van der Waals surface area contributed by atoms with Crippen LogP contribution < -0.4 is 31.9 Å². The molecule has 24 nitrogen and oxygen atoms in total. The molecule has 0 aromatic heterocycles. The Kier molecular flexibility index (Phi) is 40.6. The van der Waals surface area contributed by atoms with Crippen molar-refractivity contribution in [2.45, 2.75) is 115 Å². The summed E-state index contributed by atoms with van der Waals surface area (Å²) in [7, 11) is 0. The fraction of sp³-hybridized carbons (Fsp3) is 0.750. The van der Waals surface area contributed by atoms with E-state index in [9.17, 15) is 53.4 Å². The minimum atomic E-state index is -1.30. The number of carbonyl (C=O) groups is 10. The first kappa shape index (κ1) is 60.6. The lowest BCUT2D eigenvalue weighted by Gasteiger charge is -2.14. The van der Waals surface area contributed by atoms with E-state index in [0.29, 0.717) is 38.6 Å². The van der Waals surface area contributed by atoms with Crippen LogP contribution in [0.4, 0.5) is 0 Å². The molecule has 0 saturated heterocycles. The number of rotatable bonds is 41. The predicted molar refractivity (Wildman–Crippen MR) is 226 cm³/mol. The average Bonchev–Trinajstić information content (AvgIpc) is 3.24. The normalized spacial score (nSPS) is 11.4. The van der Waals surface area contributed by atoms with Crippen LogP contribution in [0.15, 0.2) is 0 Å². The van der Waals surface area contributed by atoms with Crippen molar-refractivity contribution in [3.05, 3.63) is 0 Å². The van der Waals surface area contributed by atoms with E-state index in [1.54, 1.807) is 0 Å². The molecule has 0 aromatic carbocycles. The van der Waals surface area contributed by atoms with E-state index in [4.69, 9.17) is 34.0 Å². The molecule has 368 valence electrons. The highest BCUT2D eigenvalue weighted by Crippen LogP contribution is 2.07. The highest BCUT2D eigenvalue weighted by molar-refractivity contribution is 5.85. The van der Waals surface area contributed by atoms with Gasteiger partial charge in [-0.2, -0.15) is 0 Å². The summed E-state index contributed by atoms with van der Waals surface area (Å²) in [6.07, 6.45) is 5.73. The Hall–Kier alpha value is -5.46. The lowest BCUT2D eigenvalue weighted by Crippen LogP contribution is -2.43. The van der Waals surface area contributed by atoms with Gasteiger partial charge in [-0.15, -0.1) is 0 Å². The van der Waals surface area contributed by atoms with Crippen molar-refractivity contribution in [1.82, 2.24) is 31.9 Å². The third-order valence-electron chi connectivity index (χ3n) is 8.48. The zero-order valence-corrected chi connectivity index (χ0v) is 36.8. The van der Waals surface area contributed by atoms with Crippen LogP contribution in [0.5, 0.6) is 0 Å². The van der Waals surface area contributed by atoms with Crippen LogP contribution in [-0.4, -0.2) is 171 Å². The van der Waals surface area contributed by atoms with Crippen molar-refractivity contribution < 1.29 is 87.3 Å². The van der Waals surface area contributed by atoms with Crippen LogP contribution in [0, 0.1) is 0 Å². The van der Waals surface area contributed by atoms with E-state index in [1.807, 2.05) is 0 Å². The second-order valence-electron chi connectivity index (χ2n) is 13.9. The molecule has 0 fully saturated rings. The molecule has 0 radical (unpaired) electrons. The summed E-state index contributed by atoms with van der Waals surface area (Å²) >= 11 is 0. The minimum Gasteiger partial charge on any atom is -0.483 e. The first-order valence-corrected chi connectivity index (χ1v) is 21.4. The zero-order chi connectivity index (χ0) is 48.2. The molecule has 0 aliphatic heterocycles. The number of carbonyl (C=O) groups excluding carboxylic acids is 6. The molecule has 0 rings (SSSR count). The number of aliphatic carboxylic acids is 3. The van der Waals surface area contributed by atoms with Gasteiger partial charge < -0.3 is 71.3 Å². The first-order valence-electron chi connectivity index (χ1n) is 21.4. The third-order valence-corrected chi connectivity index (χ3v) is 8.48. The molecule has 0 aliphatic rings. The molecule has 0 heterocycles. The predicted octanol–water partition coefficient (Wildman–Crippen LogP) is -0.687. The second kappa shape index (κ2) is 42.8. The topological polar surface area (TPSA) is 361 Å². The Balaban J connectivity index is 0. The van der Waals surface area contributed by atoms with Crippen molar-refractivity contribution in [3.63, 3.8) is 0 Å². The van der Waals surface area contributed by atoms with E-state index in [0.717, 1.165) is 19.3 Å². The number of nitrogens with one attached hydrogen (secondary N) is 6. The molecule has 10 N–H and O–H groups in total. The lowest BCUT2D eigenvalue weighted by atomic mass is 10.1. The Morgan fingerprint density at radius 2 is 0.859 bits per heavy atom. The van der Waals surface area contributed by atoms with Gasteiger partial charge in [-0.1, -0.05) is 32.6 Å². The van der Waals surface area contributed by atoms with Crippen molar-refractivity contribution >= 4 is 59.8 Å². The second-order valence-corrected chi connectivity index (χ2v) is 13.9. The fourth-order valence-electron chi connectivity index (χ4n) is 5.17. The summed E-state index contributed by atoms with van der Waals surface area (Å²) < 4.78 is 21.1. The molecule has 24 heteroatoms. The quantitative estimate of drug-likeness (QED) is 0.0268. The number of carboxylic acids is 3. The van der Waals surface area contributed by atoms with Crippen LogP contribution in [0.25, 0.3) is 0 Å². The van der Waals surface area contributed by atoms with Crippen LogP contribution >= 0.6 is 0 Å². The Bertz CT molecular complexity index is 1370. The number of hydrogen-bond acceptors (Lipinski definition) is 14. The van der Waals surface area contributed by atoms with E-state index in [2.05, 4.69) is 38.8 Å². The monoisotopic (exact) mass is 922 g/mol. The van der Waals surface area contributed by atoms with Gasteiger partial charge in [-0.05, 0) is 38.5 Å². The van der Waals surface area contributed by atoms with Gasteiger partial charge in [0, 0.05) is 58.3 Å². The van der Waals surface area contributed by atoms with Crippen LogP contribution in [0.2, 0.25) is 0 Å². The molecular formula is C40H70N6O18. The third kappa shape index (κ3) is 41.9. The molecular weight excluding hydrogens is 852 g/mol. The zero-order valence-electron chi connectivity index (χ0n) is 36.8. The van der Waals surface area contributed by atoms with Gasteiger partial charge in [0.05, 0.1) is 39.6 Å². The molecule has 64 heavy (non-hydrogen) atoms. The molecule has 0 bridgehead atoms. The number of ether oxygens (including phenoxy) is 4. The highest BCUT2D eigenvalue weighted by atomic mass is 16.5. The Morgan fingerprint density at radius 3 is 1.36 bits per heavy atom. The van der Waals surface area contributed by atoms with Gasteiger partial charge >= 0.3 is 17.9 Å². The van der Waals surface area contributed by atoms with Gasteiger partial charge in [0.2, 0.25) is 35.4 Å². The Morgan fingerprint density at radius 1 is 0.453 bits per heavy atom. The summed E-state index contributed by atoms with van der Waals surface area (Å²) in [4.78, 5) is 114. The van der Waals surface area contributed by atoms with Crippen LogP contribution in [-0.2, 0) is 66.9 Å². The molecule has 6 amide bonds. The SMILES string of the molecule is CCCCCNC(=O)CCCNC(=O)CC[C@H](NC(=O)COCCOCCNC(=O)COCCOCCNC(=O)CC[C@H](NC(=O)CCCCCCC(=O)O)C(=O)O)C(=O)O.O=CO. The molecule has 2 atom stereocenters.